The number of rotatable bonds is 6. The standard InChI is InChI=1S/C10H22N.Li/c1-9(2)5-7-11-8-6-10(3)4;/h9-10H,5-8H2,1-4H3;/q-1;+1. The van der Waals surface area contributed by atoms with Crippen LogP contribution < -0.4 is 18.9 Å². The van der Waals surface area contributed by atoms with Crippen molar-refractivity contribution in [2.45, 2.75) is 40.5 Å². The van der Waals surface area contributed by atoms with E-state index in [2.05, 4.69) is 33.0 Å². The van der Waals surface area contributed by atoms with Gasteiger partial charge in [-0.1, -0.05) is 40.5 Å². The minimum atomic E-state index is 0. The van der Waals surface area contributed by atoms with Crippen LogP contribution >= 0.6 is 0 Å². The van der Waals surface area contributed by atoms with Crippen molar-refractivity contribution in [3.63, 3.8) is 0 Å². The second-order valence-electron chi connectivity index (χ2n) is 4.04. The Morgan fingerprint density at radius 3 is 1.42 bits per heavy atom. The van der Waals surface area contributed by atoms with Crippen molar-refractivity contribution < 1.29 is 18.9 Å². The molecule has 12 heavy (non-hydrogen) atoms. The summed E-state index contributed by atoms with van der Waals surface area (Å²) in [5.41, 5.74) is 0. The molecular formula is C10H22LiN. The maximum atomic E-state index is 4.45. The molecule has 0 saturated carbocycles. The van der Waals surface area contributed by atoms with Crippen molar-refractivity contribution in [3.8, 4) is 0 Å². The van der Waals surface area contributed by atoms with E-state index in [0.717, 1.165) is 24.9 Å². The van der Waals surface area contributed by atoms with Gasteiger partial charge in [0.05, 0.1) is 0 Å². The average molecular weight is 163 g/mol. The first-order valence-corrected chi connectivity index (χ1v) is 4.76. The first-order chi connectivity index (χ1) is 5.13. The Morgan fingerprint density at radius 1 is 0.833 bits per heavy atom. The van der Waals surface area contributed by atoms with Gasteiger partial charge in [0.1, 0.15) is 0 Å². The van der Waals surface area contributed by atoms with Crippen LogP contribution in [0.15, 0.2) is 0 Å². The van der Waals surface area contributed by atoms with E-state index in [1.54, 1.807) is 0 Å². The maximum absolute atomic E-state index is 4.45. The predicted octanol–water partition coefficient (Wildman–Crippen LogP) is 0.456. The third-order valence-corrected chi connectivity index (χ3v) is 1.73. The van der Waals surface area contributed by atoms with Crippen LogP contribution in [0.5, 0.6) is 0 Å². The van der Waals surface area contributed by atoms with Crippen molar-refractivity contribution >= 4 is 0 Å². The summed E-state index contributed by atoms with van der Waals surface area (Å²) >= 11 is 0. The summed E-state index contributed by atoms with van der Waals surface area (Å²) in [6.07, 6.45) is 2.50. The minimum absolute atomic E-state index is 0. The van der Waals surface area contributed by atoms with E-state index in [4.69, 9.17) is 0 Å². The van der Waals surface area contributed by atoms with E-state index in [9.17, 15) is 0 Å². The third-order valence-electron chi connectivity index (χ3n) is 1.73. The summed E-state index contributed by atoms with van der Waals surface area (Å²) < 4.78 is 0. The van der Waals surface area contributed by atoms with Gasteiger partial charge in [0.25, 0.3) is 0 Å². The van der Waals surface area contributed by atoms with Crippen LogP contribution in [0.4, 0.5) is 0 Å². The van der Waals surface area contributed by atoms with Gasteiger partial charge in [-0.3, -0.25) is 0 Å². The zero-order chi connectivity index (χ0) is 8.69. The molecule has 68 valence electrons. The molecule has 0 unspecified atom stereocenters. The second kappa shape index (κ2) is 9.64. The molecule has 0 radical (unpaired) electrons. The van der Waals surface area contributed by atoms with Gasteiger partial charge in [0.15, 0.2) is 0 Å². The molecule has 0 aliphatic heterocycles. The summed E-state index contributed by atoms with van der Waals surface area (Å²) in [6, 6.07) is 0. The molecular weight excluding hydrogens is 141 g/mol. The molecule has 0 aliphatic rings. The van der Waals surface area contributed by atoms with E-state index < -0.39 is 0 Å². The maximum Gasteiger partial charge on any atom is 1.00 e. The normalized spacial score (nSPS) is 10.5. The molecule has 2 heteroatoms. The molecule has 0 aromatic heterocycles. The third kappa shape index (κ3) is 13.2. The molecule has 0 rings (SSSR count). The fraction of sp³-hybridized carbons (Fsp3) is 1.00. The summed E-state index contributed by atoms with van der Waals surface area (Å²) in [5.74, 6) is 1.61. The van der Waals surface area contributed by atoms with Gasteiger partial charge in [-0.05, 0) is 11.8 Å². The number of nitrogens with zero attached hydrogens (tertiary/aromatic N) is 1. The zero-order valence-electron chi connectivity index (χ0n) is 9.43. The number of hydrogen-bond donors (Lipinski definition) is 0. The van der Waals surface area contributed by atoms with Crippen LogP contribution in [0.2, 0.25) is 0 Å². The molecule has 0 amide bonds. The van der Waals surface area contributed by atoms with Crippen LogP contribution in [0, 0.1) is 11.8 Å². The van der Waals surface area contributed by atoms with E-state index in [1.807, 2.05) is 0 Å². The van der Waals surface area contributed by atoms with E-state index in [0.29, 0.717) is 0 Å². The van der Waals surface area contributed by atoms with Gasteiger partial charge >= 0.3 is 18.9 Å². The first kappa shape index (κ1) is 15.0. The monoisotopic (exact) mass is 163 g/mol. The molecule has 0 N–H and O–H groups in total. The van der Waals surface area contributed by atoms with Gasteiger partial charge in [0, 0.05) is 0 Å². The predicted molar refractivity (Wildman–Crippen MR) is 52.0 cm³/mol. The van der Waals surface area contributed by atoms with Crippen molar-refractivity contribution in [1.82, 2.24) is 0 Å². The van der Waals surface area contributed by atoms with Gasteiger partial charge < -0.3 is 5.32 Å². The van der Waals surface area contributed by atoms with Gasteiger partial charge in [-0.25, -0.2) is 0 Å². The van der Waals surface area contributed by atoms with Gasteiger partial charge in [-0.2, -0.15) is 0 Å². The molecule has 0 heterocycles. The smallest absolute Gasteiger partial charge is 0.662 e. The molecule has 0 bridgehead atoms. The topological polar surface area (TPSA) is 14.1 Å². The molecule has 0 atom stereocenters. The number of hydrogen-bond acceptors (Lipinski definition) is 0. The quantitative estimate of drug-likeness (QED) is 0.399. The van der Waals surface area contributed by atoms with Crippen molar-refractivity contribution in [3.05, 3.63) is 5.32 Å². The van der Waals surface area contributed by atoms with E-state index >= 15 is 0 Å². The Kier molecular flexibility index (Phi) is 12.1. The summed E-state index contributed by atoms with van der Waals surface area (Å²) in [4.78, 5) is 0. The Balaban J connectivity index is 0. The van der Waals surface area contributed by atoms with Crippen LogP contribution in [0.25, 0.3) is 5.32 Å². The zero-order valence-corrected chi connectivity index (χ0v) is 9.43. The summed E-state index contributed by atoms with van der Waals surface area (Å²) in [5, 5.41) is 4.45. The van der Waals surface area contributed by atoms with Crippen LogP contribution in [0.3, 0.4) is 0 Å². The Hall–Kier alpha value is 0.557. The molecule has 0 saturated heterocycles. The van der Waals surface area contributed by atoms with Crippen LogP contribution in [-0.4, -0.2) is 13.1 Å². The molecule has 0 aromatic rings. The Morgan fingerprint density at radius 2 is 1.17 bits per heavy atom. The molecule has 0 aliphatic carbocycles. The fourth-order valence-electron chi connectivity index (χ4n) is 0.811. The van der Waals surface area contributed by atoms with E-state index in [-0.39, 0.29) is 18.9 Å². The molecule has 0 spiro atoms. The SMILES string of the molecule is CC(C)CC[N-]CCC(C)C.[Li+]. The Labute approximate surface area is 89.9 Å². The Bertz CT molecular complexity index is 71.9. The van der Waals surface area contributed by atoms with Gasteiger partial charge in [0.2, 0.25) is 0 Å². The van der Waals surface area contributed by atoms with Gasteiger partial charge in [-0.15, -0.1) is 13.1 Å². The first-order valence-electron chi connectivity index (χ1n) is 4.76. The van der Waals surface area contributed by atoms with Crippen LogP contribution in [-0.2, 0) is 0 Å². The fourth-order valence-corrected chi connectivity index (χ4v) is 0.811. The second-order valence-corrected chi connectivity index (χ2v) is 4.04. The van der Waals surface area contributed by atoms with Crippen molar-refractivity contribution in [1.29, 1.82) is 0 Å². The summed E-state index contributed by atoms with van der Waals surface area (Å²) in [6.45, 7) is 11.1. The summed E-state index contributed by atoms with van der Waals surface area (Å²) in [7, 11) is 0. The molecule has 0 fully saturated rings. The van der Waals surface area contributed by atoms with Crippen molar-refractivity contribution in [2.75, 3.05) is 13.1 Å². The largest absolute Gasteiger partial charge is 1.00 e. The molecule has 0 aromatic carbocycles. The molecule has 1 nitrogen and oxygen atoms in total. The van der Waals surface area contributed by atoms with Crippen LogP contribution in [0.1, 0.15) is 40.5 Å². The van der Waals surface area contributed by atoms with Crippen molar-refractivity contribution in [2.24, 2.45) is 11.8 Å². The van der Waals surface area contributed by atoms with E-state index in [1.165, 1.54) is 12.8 Å². The average Bonchev–Trinajstić information content (AvgIpc) is 1.85. The minimum Gasteiger partial charge on any atom is -0.662 e.